The Morgan fingerprint density at radius 2 is 1.46 bits per heavy atom. The number of nitrogens with one attached hydrogen (secondary N) is 1. The molecule has 208 valence electrons. The van der Waals surface area contributed by atoms with Crippen LogP contribution in [0.1, 0.15) is 38.8 Å². The highest BCUT2D eigenvalue weighted by molar-refractivity contribution is 7.92. The predicted molar refractivity (Wildman–Crippen MR) is 153 cm³/mol. The van der Waals surface area contributed by atoms with Crippen LogP contribution in [-0.2, 0) is 32.6 Å². The maximum Gasteiger partial charge on any atom is 0.264 e. The smallest absolute Gasteiger partial charge is 0.264 e. The summed E-state index contributed by atoms with van der Waals surface area (Å²) in [7, 11) is -2.51. The molecule has 0 aliphatic heterocycles. The third-order valence-corrected chi connectivity index (χ3v) is 8.14. The molecule has 1 atom stereocenters. The summed E-state index contributed by atoms with van der Waals surface area (Å²) in [6.07, 6.45) is 0.794. The van der Waals surface area contributed by atoms with Gasteiger partial charge in [0.25, 0.3) is 10.0 Å². The summed E-state index contributed by atoms with van der Waals surface area (Å²) in [5.74, 6) is -0.161. The maximum atomic E-state index is 13.9. The SMILES string of the molecule is CCc1ccc(N(CC(=O)N(Cc2ccc(OC)cc2)[C@H](C)C(=O)NC(C)C)S(=O)(=O)c2ccccc2)cc1. The van der Waals surface area contributed by atoms with Crippen LogP contribution >= 0.6 is 0 Å². The Hall–Kier alpha value is -3.85. The van der Waals surface area contributed by atoms with E-state index in [2.05, 4.69) is 5.32 Å². The summed E-state index contributed by atoms with van der Waals surface area (Å²) in [5.41, 5.74) is 2.19. The third-order valence-electron chi connectivity index (χ3n) is 6.35. The lowest BCUT2D eigenvalue weighted by Gasteiger charge is -2.32. The molecule has 0 saturated heterocycles. The van der Waals surface area contributed by atoms with E-state index in [0.29, 0.717) is 11.4 Å². The molecule has 8 nitrogen and oxygen atoms in total. The van der Waals surface area contributed by atoms with Crippen molar-refractivity contribution in [2.24, 2.45) is 0 Å². The average molecular weight is 552 g/mol. The maximum absolute atomic E-state index is 13.9. The van der Waals surface area contributed by atoms with Crippen LogP contribution < -0.4 is 14.4 Å². The molecular formula is C30H37N3O5S. The molecule has 0 spiro atoms. The predicted octanol–water partition coefficient (Wildman–Crippen LogP) is 4.39. The Morgan fingerprint density at radius 1 is 0.872 bits per heavy atom. The van der Waals surface area contributed by atoms with Gasteiger partial charge in [-0.3, -0.25) is 13.9 Å². The summed E-state index contributed by atoms with van der Waals surface area (Å²) in [6, 6.07) is 21.3. The summed E-state index contributed by atoms with van der Waals surface area (Å²) < 4.78 is 33.9. The first-order valence-corrected chi connectivity index (χ1v) is 14.4. The van der Waals surface area contributed by atoms with Crippen LogP contribution in [0.25, 0.3) is 0 Å². The standard InChI is InChI=1S/C30H37N3O5S/c1-6-24-12-16-26(17-13-24)33(39(36,37)28-10-8-7-9-11-28)21-29(34)32(23(4)30(35)31-22(2)3)20-25-14-18-27(38-5)19-15-25/h7-19,22-23H,6,20-21H2,1-5H3,(H,31,35)/t23-/m1/s1. The van der Waals surface area contributed by atoms with Crippen molar-refractivity contribution in [1.29, 1.82) is 0 Å². The van der Waals surface area contributed by atoms with Gasteiger partial charge in [0.1, 0.15) is 18.3 Å². The van der Waals surface area contributed by atoms with Crippen molar-refractivity contribution in [1.82, 2.24) is 10.2 Å². The van der Waals surface area contributed by atoms with Gasteiger partial charge < -0.3 is 15.0 Å². The molecule has 9 heteroatoms. The molecule has 0 aromatic heterocycles. The lowest BCUT2D eigenvalue weighted by Crippen LogP contribution is -2.52. The molecule has 3 rings (SSSR count). The Morgan fingerprint density at radius 3 is 2.00 bits per heavy atom. The van der Waals surface area contributed by atoms with E-state index >= 15 is 0 Å². The Balaban J connectivity index is 2.01. The normalized spacial score (nSPS) is 12.1. The lowest BCUT2D eigenvalue weighted by molar-refractivity contribution is -0.139. The van der Waals surface area contributed by atoms with Crippen molar-refractivity contribution in [3.05, 3.63) is 90.0 Å². The minimum Gasteiger partial charge on any atom is -0.497 e. The molecule has 2 amide bonds. The number of anilines is 1. The molecular weight excluding hydrogens is 514 g/mol. The number of amides is 2. The molecule has 0 fully saturated rings. The van der Waals surface area contributed by atoms with Crippen LogP contribution in [0.2, 0.25) is 0 Å². The van der Waals surface area contributed by atoms with E-state index in [1.165, 1.54) is 17.0 Å². The molecule has 39 heavy (non-hydrogen) atoms. The monoisotopic (exact) mass is 551 g/mol. The molecule has 3 aromatic carbocycles. The van der Waals surface area contributed by atoms with E-state index in [1.54, 1.807) is 56.5 Å². The number of ether oxygens (including phenoxy) is 1. The van der Waals surface area contributed by atoms with Gasteiger partial charge in [0, 0.05) is 12.6 Å². The van der Waals surface area contributed by atoms with Crippen LogP contribution in [0.3, 0.4) is 0 Å². The summed E-state index contributed by atoms with van der Waals surface area (Å²) >= 11 is 0. The van der Waals surface area contributed by atoms with Crippen LogP contribution in [-0.4, -0.2) is 50.9 Å². The van der Waals surface area contributed by atoms with E-state index in [4.69, 9.17) is 4.74 Å². The number of hydrogen-bond acceptors (Lipinski definition) is 5. The zero-order chi connectivity index (χ0) is 28.6. The van der Waals surface area contributed by atoms with Gasteiger partial charge in [0.15, 0.2) is 0 Å². The van der Waals surface area contributed by atoms with Crippen LogP contribution in [0, 0.1) is 0 Å². The van der Waals surface area contributed by atoms with Crippen molar-refractivity contribution < 1.29 is 22.7 Å². The topological polar surface area (TPSA) is 96.0 Å². The molecule has 0 radical (unpaired) electrons. The molecule has 0 heterocycles. The van der Waals surface area contributed by atoms with Crippen molar-refractivity contribution in [2.45, 2.75) is 57.6 Å². The summed E-state index contributed by atoms with van der Waals surface area (Å²) in [4.78, 5) is 28.4. The number of aryl methyl sites for hydroxylation is 1. The molecule has 0 unspecified atom stereocenters. The minimum atomic E-state index is -4.08. The van der Waals surface area contributed by atoms with Gasteiger partial charge in [-0.15, -0.1) is 0 Å². The fourth-order valence-corrected chi connectivity index (χ4v) is 5.50. The highest BCUT2D eigenvalue weighted by atomic mass is 32.2. The number of carbonyl (C=O) groups excluding carboxylic acids is 2. The van der Waals surface area contributed by atoms with Gasteiger partial charge in [-0.05, 0) is 74.7 Å². The number of hydrogen-bond donors (Lipinski definition) is 1. The number of carbonyl (C=O) groups is 2. The zero-order valence-corrected chi connectivity index (χ0v) is 23.9. The number of sulfonamides is 1. The lowest BCUT2D eigenvalue weighted by atomic mass is 10.1. The van der Waals surface area contributed by atoms with Gasteiger partial charge in [-0.2, -0.15) is 0 Å². The summed E-state index contributed by atoms with van der Waals surface area (Å²) in [6.45, 7) is 6.98. The second-order valence-electron chi connectivity index (χ2n) is 9.55. The fourth-order valence-electron chi connectivity index (χ4n) is 4.06. The molecule has 0 aliphatic rings. The van der Waals surface area contributed by atoms with Gasteiger partial charge >= 0.3 is 0 Å². The van der Waals surface area contributed by atoms with Crippen molar-refractivity contribution >= 4 is 27.5 Å². The molecule has 0 saturated carbocycles. The fraction of sp³-hybridized carbons (Fsp3) is 0.333. The second-order valence-corrected chi connectivity index (χ2v) is 11.4. The summed E-state index contributed by atoms with van der Waals surface area (Å²) in [5, 5.41) is 2.85. The van der Waals surface area contributed by atoms with Gasteiger partial charge in [-0.25, -0.2) is 8.42 Å². The first-order valence-electron chi connectivity index (χ1n) is 13.0. The van der Waals surface area contributed by atoms with Crippen molar-refractivity contribution in [3.63, 3.8) is 0 Å². The number of benzene rings is 3. The first-order chi connectivity index (χ1) is 18.6. The van der Waals surface area contributed by atoms with E-state index in [9.17, 15) is 18.0 Å². The average Bonchev–Trinajstić information content (AvgIpc) is 2.94. The van der Waals surface area contributed by atoms with E-state index < -0.39 is 28.5 Å². The molecule has 0 bridgehead atoms. The van der Waals surface area contributed by atoms with Gasteiger partial charge in [0.2, 0.25) is 11.8 Å². The highest BCUT2D eigenvalue weighted by Crippen LogP contribution is 2.25. The van der Waals surface area contributed by atoms with E-state index in [0.717, 1.165) is 21.9 Å². The number of nitrogens with zero attached hydrogens (tertiary/aromatic N) is 2. The second kappa shape index (κ2) is 13.3. The minimum absolute atomic E-state index is 0.0738. The Kier molecular flexibility index (Phi) is 10.1. The zero-order valence-electron chi connectivity index (χ0n) is 23.1. The van der Waals surface area contributed by atoms with Crippen molar-refractivity contribution in [2.75, 3.05) is 18.0 Å². The Labute approximate surface area is 231 Å². The first kappa shape index (κ1) is 29.7. The Bertz CT molecular complexity index is 1340. The quantitative estimate of drug-likeness (QED) is 0.360. The van der Waals surface area contributed by atoms with Gasteiger partial charge in [0.05, 0.1) is 17.7 Å². The largest absolute Gasteiger partial charge is 0.497 e. The van der Waals surface area contributed by atoms with Crippen LogP contribution in [0.5, 0.6) is 5.75 Å². The number of methoxy groups -OCH3 is 1. The third kappa shape index (κ3) is 7.60. The highest BCUT2D eigenvalue weighted by Gasteiger charge is 2.32. The number of rotatable bonds is 12. The van der Waals surface area contributed by atoms with Crippen LogP contribution in [0.15, 0.2) is 83.8 Å². The van der Waals surface area contributed by atoms with E-state index in [-0.39, 0.29) is 23.4 Å². The molecule has 3 aromatic rings. The molecule has 1 N–H and O–H groups in total. The van der Waals surface area contributed by atoms with E-state index in [1.807, 2.05) is 45.0 Å². The van der Waals surface area contributed by atoms with Crippen LogP contribution in [0.4, 0.5) is 5.69 Å². The van der Waals surface area contributed by atoms with Gasteiger partial charge in [-0.1, -0.05) is 49.4 Å². The molecule has 0 aliphatic carbocycles. The van der Waals surface area contributed by atoms with Crippen molar-refractivity contribution in [3.8, 4) is 5.75 Å².